The van der Waals surface area contributed by atoms with Crippen molar-refractivity contribution in [1.82, 2.24) is 20.0 Å². The van der Waals surface area contributed by atoms with Crippen molar-refractivity contribution in [2.75, 3.05) is 25.5 Å². The van der Waals surface area contributed by atoms with Gasteiger partial charge in [0.25, 0.3) is 5.91 Å². The van der Waals surface area contributed by atoms with Crippen LogP contribution in [-0.2, 0) is 4.79 Å². The lowest BCUT2D eigenvalue weighted by atomic mass is 9.99. The molecule has 1 N–H and O–H groups in total. The van der Waals surface area contributed by atoms with Crippen LogP contribution < -0.4 is 10.2 Å². The van der Waals surface area contributed by atoms with Crippen LogP contribution in [0.5, 0.6) is 0 Å². The molecule has 0 saturated heterocycles. The Labute approximate surface area is 198 Å². The number of para-hydroxylation sites is 2. The number of benzene rings is 3. The topological polar surface area (TPSA) is 70.5 Å². The molecule has 1 aliphatic heterocycles. The summed E-state index contributed by atoms with van der Waals surface area (Å²) in [5, 5.41) is 7.64. The fourth-order valence-electron chi connectivity index (χ4n) is 4.44. The Morgan fingerprint density at radius 1 is 0.941 bits per heavy atom. The van der Waals surface area contributed by atoms with Crippen LogP contribution in [0.15, 0.2) is 91.1 Å². The molecule has 0 aliphatic carbocycles. The van der Waals surface area contributed by atoms with Crippen LogP contribution in [0.2, 0.25) is 0 Å². The maximum Gasteiger partial charge on any atom is 0.257 e. The van der Waals surface area contributed by atoms with E-state index in [1.807, 2.05) is 94.6 Å². The van der Waals surface area contributed by atoms with Crippen molar-refractivity contribution in [2.45, 2.75) is 6.17 Å². The van der Waals surface area contributed by atoms with Gasteiger partial charge in [-0.25, -0.2) is 4.68 Å². The SMILES string of the molecule is CNC(=O)CN1c2ccccc2C(=O)N(C)[C@H]1c1cn(-c2ccccc2)nc1-c1ccccc1. The van der Waals surface area contributed by atoms with E-state index in [1.165, 1.54) is 0 Å². The van der Waals surface area contributed by atoms with E-state index in [0.717, 1.165) is 28.2 Å². The summed E-state index contributed by atoms with van der Waals surface area (Å²) < 4.78 is 1.83. The van der Waals surface area contributed by atoms with Gasteiger partial charge in [0, 0.05) is 31.4 Å². The molecule has 1 atom stereocenters. The summed E-state index contributed by atoms with van der Waals surface area (Å²) >= 11 is 0. The summed E-state index contributed by atoms with van der Waals surface area (Å²) in [4.78, 5) is 29.6. The summed E-state index contributed by atoms with van der Waals surface area (Å²) in [6.07, 6.45) is 1.43. The third-order valence-corrected chi connectivity index (χ3v) is 6.11. The molecule has 5 rings (SSSR count). The molecule has 0 spiro atoms. The lowest BCUT2D eigenvalue weighted by molar-refractivity contribution is -0.119. The minimum atomic E-state index is -0.521. The average molecular weight is 452 g/mol. The zero-order valence-electron chi connectivity index (χ0n) is 19.1. The summed E-state index contributed by atoms with van der Waals surface area (Å²) in [6.45, 7) is 0.0978. The van der Waals surface area contributed by atoms with E-state index >= 15 is 0 Å². The standard InChI is InChI=1S/C27H25N5O2/c1-28-24(33)18-31-23-16-10-9-15-21(23)27(34)30(2)26(31)22-17-32(20-13-7-4-8-14-20)29-25(22)19-11-5-3-6-12-19/h3-17,26H,18H2,1-2H3,(H,28,33)/t26-/m1/s1. The maximum absolute atomic E-state index is 13.4. The van der Waals surface area contributed by atoms with Crippen LogP contribution in [0.3, 0.4) is 0 Å². The predicted molar refractivity (Wildman–Crippen MR) is 132 cm³/mol. The minimum Gasteiger partial charge on any atom is -0.358 e. The van der Waals surface area contributed by atoms with Gasteiger partial charge in [0.05, 0.1) is 29.2 Å². The largest absolute Gasteiger partial charge is 0.358 e. The third kappa shape index (κ3) is 3.71. The van der Waals surface area contributed by atoms with Crippen LogP contribution in [0.1, 0.15) is 22.1 Å². The summed E-state index contributed by atoms with van der Waals surface area (Å²) in [5.74, 6) is -0.237. The van der Waals surface area contributed by atoms with E-state index in [9.17, 15) is 9.59 Å². The summed E-state index contributed by atoms with van der Waals surface area (Å²) in [5.41, 5.74) is 4.74. The van der Waals surface area contributed by atoms with Crippen molar-refractivity contribution in [3.8, 4) is 16.9 Å². The number of fused-ring (bicyclic) bond motifs is 1. The normalized spacial score (nSPS) is 15.2. The van der Waals surface area contributed by atoms with Crippen molar-refractivity contribution in [1.29, 1.82) is 0 Å². The molecular formula is C27H25N5O2. The second kappa shape index (κ2) is 8.86. The molecule has 1 aromatic heterocycles. The first-order valence-corrected chi connectivity index (χ1v) is 11.1. The zero-order chi connectivity index (χ0) is 23.7. The number of rotatable bonds is 5. The molecule has 2 heterocycles. The Balaban J connectivity index is 1.72. The summed E-state index contributed by atoms with van der Waals surface area (Å²) in [7, 11) is 3.39. The minimum absolute atomic E-state index is 0.0970. The van der Waals surface area contributed by atoms with Crippen LogP contribution in [0, 0.1) is 0 Å². The van der Waals surface area contributed by atoms with Crippen molar-refractivity contribution in [3.05, 3.63) is 102 Å². The first-order chi connectivity index (χ1) is 16.6. The fourth-order valence-corrected chi connectivity index (χ4v) is 4.44. The predicted octanol–water partition coefficient (Wildman–Crippen LogP) is 3.88. The number of amides is 2. The maximum atomic E-state index is 13.4. The van der Waals surface area contributed by atoms with Gasteiger partial charge in [-0.15, -0.1) is 0 Å². The molecule has 4 aromatic rings. The van der Waals surface area contributed by atoms with Gasteiger partial charge in [0.2, 0.25) is 5.91 Å². The monoisotopic (exact) mass is 451 g/mol. The van der Waals surface area contributed by atoms with E-state index in [0.29, 0.717) is 5.56 Å². The summed E-state index contributed by atoms with van der Waals surface area (Å²) in [6, 6.07) is 27.2. The molecular weight excluding hydrogens is 426 g/mol. The Morgan fingerprint density at radius 2 is 1.59 bits per heavy atom. The number of carbonyl (C=O) groups excluding carboxylic acids is 2. The second-order valence-electron chi connectivity index (χ2n) is 8.19. The number of anilines is 1. The molecule has 0 radical (unpaired) electrons. The highest BCUT2D eigenvalue weighted by atomic mass is 16.2. The smallest absolute Gasteiger partial charge is 0.257 e. The van der Waals surface area contributed by atoms with Crippen LogP contribution >= 0.6 is 0 Å². The lowest BCUT2D eigenvalue weighted by Gasteiger charge is -2.43. The number of likely N-dealkylation sites (N-methyl/N-ethyl adjacent to an activating group) is 1. The Kier molecular flexibility index (Phi) is 5.59. The van der Waals surface area contributed by atoms with Gasteiger partial charge in [0.1, 0.15) is 6.17 Å². The Morgan fingerprint density at radius 3 is 2.29 bits per heavy atom. The number of hydrogen-bond donors (Lipinski definition) is 1. The molecule has 2 amide bonds. The first-order valence-electron chi connectivity index (χ1n) is 11.1. The third-order valence-electron chi connectivity index (χ3n) is 6.11. The van der Waals surface area contributed by atoms with Crippen LogP contribution in [0.4, 0.5) is 5.69 Å². The average Bonchev–Trinajstić information content (AvgIpc) is 3.33. The molecule has 7 heteroatoms. The molecule has 3 aromatic carbocycles. The number of aromatic nitrogens is 2. The lowest BCUT2D eigenvalue weighted by Crippen LogP contribution is -2.50. The van der Waals surface area contributed by atoms with E-state index in [1.54, 1.807) is 25.1 Å². The number of nitrogens with one attached hydrogen (secondary N) is 1. The molecule has 0 saturated carbocycles. The van der Waals surface area contributed by atoms with Gasteiger partial charge in [-0.3, -0.25) is 9.59 Å². The van der Waals surface area contributed by atoms with Gasteiger partial charge in [-0.1, -0.05) is 60.7 Å². The zero-order valence-corrected chi connectivity index (χ0v) is 19.1. The van der Waals surface area contributed by atoms with Crippen molar-refractivity contribution in [2.24, 2.45) is 0 Å². The quantitative estimate of drug-likeness (QED) is 0.500. The van der Waals surface area contributed by atoms with Gasteiger partial charge < -0.3 is 15.1 Å². The van der Waals surface area contributed by atoms with Gasteiger partial charge in [-0.2, -0.15) is 5.10 Å². The number of nitrogens with zero attached hydrogens (tertiary/aromatic N) is 4. The molecule has 0 unspecified atom stereocenters. The second-order valence-corrected chi connectivity index (χ2v) is 8.19. The molecule has 0 bridgehead atoms. The molecule has 1 aliphatic rings. The van der Waals surface area contributed by atoms with Gasteiger partial charge >= 0.3 is 0 Å². The van der Waals surface area contributed by atoms with E-state index in [-0.39, 0.29) is 18.4 Å². The Hall–Kier alpha value is -4.39. The van der Waals surface area contributed by atoms with Crippen molar-refractivity contribution >= 4 is 17.5 Å². The van der Waals surface area contributed by atoms with Crippen LogP contribution in [0.25, 0.3) is 16.9 Å². The molecule has 34 heavy (non-hydrogen) atoms. The van der Waals surface area contributed by atoms with Crippen molar-refractivity contribution < 1.29 is 9.59 Å². The van der Waals surface area contributed by atoms with E-state index in [4.69, 9.17) is 5.10 Å². The number of hydrogen-bond acceptors (Lipinski definition) is 4. The first kappa shape index (κ1) is 21.5. The van der Waals surface area contributed by atoms with Crippen LogP contribution in [-0.4, -0.2) is 47.1 Å². The Bertz CT molecular complexity index is 1330. The van der Waals surface area contributed by atoms with Gasteiger partial charge in [0.15, 0.2) is 0 Å². The highest BCUT2D eigenvalue weighted by molar-refractivity contribution is 6.03. The van der Waals surface area contributed by atoms with Crippen molar-refractivity contribution in [3.63, 3.8) is 0 Å². The molecule has 0 fully saturated rings. The highest BCUT2D eigenvalue weighted by Crippen LogP contribution is 2.41. The number of carbonyl (C=O) groups is 2. The fraction of sp³-hybridized carbons (Fsp3) is 0.148. The highest BCUT2D eigenvalue weighted by Gasteiger charge is 2.39. The van der Waals surface area contributed by atoms with Gasteiger partial charge in [-0.05, 0) is 24.3 Å². The molecule has 170 valence electrons. The van der Waals surface area contributed by atoms with E-state index < -0.39 is 6.17 Å². The molecule has 7 nitrogen and oxygen atoms in total. The van der Waals surface area contributed by atoms with E-state index in [2.05, 4.69) is 5.32 Å².